The van der Waals surface area contributed by atoms with Gasteiger partial charge in [-0.1, -0.05) is 26.8 Å². The van der Waals surface area contributed by atoms with Gasteiger partial charge in [-0.2, -0.15) is 0 Å². The van der Waals surface area contributed by atoms with Crippen LogP contribution in [0.2, 0.25) is 0 Å². The lowest BCUT2D eigenvalue weighted by Gasteiger charge is -2.24. The van der Waals surface area contributed by atoms with Gasteiger partial charge in [0, 0.05) is 5.92 Å². The minimum atomic E-state index is 0.0793. The normalized spacial score (nSPS) is 14.3. The van der Waals surface area contributed by atoms with Gasteiger partial charge < -0.3 is 4.79 Å². The molecule has 0 aromatic heterocycles. The molecule has 0 aliphatic rings. The van der Waals surface area contributed by atoms with Crippen LogP contribution in [0.5, 0.6) is 0 Å². The maximum Gasteiger partial charge on any atom is 0.123 e. The summed E-state index contributed by atoms with van der Waals surface area (Å²) in [5.74, 6) is 0.116. The molecule has 58 valence electrons. The van der Waals surface area contributed by atoms with E-state index < -0.39 is 0 Å². The van der Waals surface area contributed by atoms with E-state index in [1.807, 2.05) is 0 Å². The van der Waals surface area contributed by atoms with E-state index >= 15 is 0 Å². The monoisotopic (exact) mass is 140 g/mol. The van der Waals surface area contributed by atoms with E-state index in [1.54, 1.807) is 6.08 Å². The van der Waals surface area contributed by atoms with Crippen LogP contribution in [0, 0.1) is 11.3 Å². The third kappa shape index (κ3) is 2.81. The van der Waals surface area contributed by atoms with Gasteiger partial charge in [0.1, 0.15) is 6.29 Å². The summed E-state index contributed by atoms with van der Waals surface area (Å²) >= 11 is 0. The maximum atomic E-state index is 10.5. The number of rotatable bonds is 3. The fourth-order valence-electron chi connectivity index (χ4n) is 0.793. The number of hydrogen-bond donors (Lipinski definition) is 0. The van der Waals surface area contributed by atoms with Gasteiger partial charge in [-0.15, -0.1) is 6.58 Å². The van der Waals surface area contributed by atoms with Gasteiger partial charge >= 0.3 is 0 Å². The van der Waals surface area contributed by atoms with Crippen molar-refractivity contribution in [2.24, 2.45) is 11.3 Å². The van der Waals surface area contributed by atoms with Crippen LogP contribution in [-0.2, 0) is 4.79 Å². The second kappa shape index (κ2) is 3.55. The number of hydrogen-bond acceptors (Lipinski definition) is 1. The van der Waals surface area contributed by atoms with Crippen molar-refractivity contribution in [1.82, 2.24) is 0 Å². The highest BCUT2D eigenvalue weighted by atomic mass is 16.1. The molecule has 1 atom stereocenters. The van der Waals surface area contributed by atoms with Crippen molar-refractivity contribution in [3.8, 4) is 0 Å². The van der Waals surface area contributed by atoms with Crippen molar-refractivity contribution in [2.45, 2.75) is 27.2 Å². The molecular formula is C9H16O. The molecule has 0 heterocycles. The second-order valence-corrected chi connectivity index (χ2v) is 3.63. The highest BCUT2D eigenvalue weighted by molar-refractivity contribution is 5.55. The first-order valence-corrected chi connectivity index (χ1v) is 3.58. The third-order valence-electron chi connectivity index (χ3n) is 1.70. The maximum absolute atomic E-state index is 10.5. The van der Waals surface area contributed by atoms with Crippen LogP contribution in [0.15, 0.2) is 12.7 Å². The zero-order valence-corrected chi connectivity index (χ0v) is 7.05. The summed E-state index contributed by atoms with van der Waals surface area (Å²) in [5, 5.41) is 0. The molecule has 1 unspecified atom stereocenters. The van der Waals surface area contributed by atoms with E-state index in [2.05, 4.69) is 27.4 Å². The fourth-order valence-corrected chi connectivity index (χ4v) is 0.793. The molecule has 0 N–H and O–H groups in total. The number of allylic oxidation sites excluding steroid dienone is 1. The highest BCUT2D eigenvalue weighted by Gasteiger charge is 2.22. The van der Waals surface area contributed by atoms with Gasteiger partial charge in [0.2, 0.25) is 0 Å². The predicted molar refractivity (Wildman–Crippen MR) is 43.8 cm³/mol. The molecule has 0 radical (unpaired) electrons. The highest BCUT2D eigenvalue weighted by Crippen LogP contribution is 2.26. The number of carbonyl (C=O) groups is 1. The Morgan fingerprint density at radius 3 is 2.10 bits per heavy atom. The van der Waals surface area contributed by atoms with Gasteiger partial charge in [0.25, 0.3) is 0 Å². The fraction of sp³-hybridized carbons (Fsp3) is 0.667. The van der Waals surface area contributed by atoms with Gasteiger partial charge in [-0.25, -0.2) is 0 Å². The number of carbonyl (C=O) groups excluding carboxylic acids is 1. The summed E-state index contributed by atoms with van der Waals surface area (Å²) in [7, 11) is 0. The smallest absolute Gasteiger partial charge is 0.123 e. The summed E-state index contributed by atoms with van der Waals surface area (Å²) in [6.45, 7) is 9.80. The molecule has 0 amide bonds. The van der Waals surface area contributed by atoms with Crippen LogP contribution in [0.4, 0.5) is 0 Å². The quantitative estimate of drug-likeness (QED) is 0.434. The first kappa shape index (κ1) is 9.41. The lowest BCUT2D eigenvalue weighted by atomic mass is 9.80. The summed E-state index contributed by atoms with van der Waals surface area (Å²) in [6, 6.07) is 0. The van der Waals surface area contributed by atoms with E-state index in [0.717, 1.165) is 12.7 Å². The molecule has 0 aliphatic heterocycles. The van der Waals surface area contributed by atoms with E-state index in [-0.39, 0.29) is 11.3 Å². The van der Waals surface area contributed by atoms with Gasteiger partial charge in [-0.3, -0.25) is 0 Å². The Kier molecular flexibility index (Phi) is 3.34. The molecule has 0 aliphatic carbocycles. The summed E-state index contributed by atoms with van der Waals surface area (Å²) < 4.78 is 0. The molecule has 0 aromatic carbocycles. The van der Waals surface area contributed by atoms with Gasteiger partial charge in [0.05, 0.1) is 0 Å². The Balaban J connectivity index is 4.05. The molecule has 0 fully saturated rings. The Bertz CT molecular complexity index is 119. The molecule has 0 spiro atoms. The van der Waals surface area contributed by atoms with Crippen LogP contribution in [0.1, 0.15) is 27.2 Å². The van der Waals surface area contributed by atoms with Crippen molar-refractivity contribution in [2.75, 3.05) is 0 Å². The van der Waals surface area contributed by atoms with Crippen molar-refractivity contribution >= 4 is 6.29 Å². The summed E-state index contributed by atoms with van der Waals surface area (Å²) in [5.41, 5.74) is 0.0793. The largest absolute Gasteiger partial charge is 0.303 e. The van der Waals surface area contributed by atoms with Gasteiger partial charge in [-0.05, 0) is 11.8 Å². The Morgan fingerprint density at radius 2 is 2.00 bits per heavy atom. The first-order valence-electron chi connectivity index (χ1n) is 3.58. The Hall–Kier alpha value is -0.590. The predicted octanol–water partition coefficient (Wildman–Crippen LogP) is 2.42. The topological polar surface area (TPSA) is 17.1 Å². The standard InChI is InChI=1S/C9H16O/c1-5-6-8(7-10)9(2,3)4/h5,7-8H,1,6H2,2-4H3. The van der Waals surface area contributed by atoms with Crippen molar-refractivity contribution < 1.29 is 4.79 Å². The van der Waals surface area contributed by atoms with Crippen LogP contribution >= 0.6 is 0 Å². The molecular weight excluding hydrogens is 124 g/mol. The SMILES string of the molecule is C=CCC(C=O)C(C)(C)C. The average Bonchev–Trinajstić information content (AvgIpc) is 1.80. The summed E-state index contributed by atoms with van der Waals surface area (Å²) in [6.07, 6.45) is 3.60. The van der Waals surface area contributed by atoms with Crippen LogP contribution in [0.3, 0.4) is 0 Å². The lowest BCUT2D eigenvalue weighted by molar-refractivity contribution is -0.113. The van der Waals surface area contributed by atoms with E-state index in [4.69, 9.17) is 0 Å². The Labute approximate surface area is 63.1 Å². The molecule has 0 saturated heterocycles. The molecule has 0 aromatic rings. The number of aldehydes is 1. The molecule has 10 heavy (non-hydrogen) atoms. The zero-order chi connectivity index (χ0) is 8.20. The average molecular weight is 140 g/mol. The van der Waals surface area contributed by atoms with E-state index in [1.165, 1.54) is 0 Å². The summed E-state index contributed by atoms with van der Waals surface area (Å²) in [4.78, 5) is 10.5. The Morgan fingerprint density at radius 1 is 1.50 bits per heavy atom. The van der Waals surface area contributed by atoms with E-state index in [9.17, 15) is 4.79 Å². The molecule has 0 saturated carbocycles. The van der Waals surface area contributed by atoms with Crippen LogP contribution in [0.25, 0.3) is 0 Å². The molecule has 0 bridgehead atoms. The molecule has 1 nitrogen and oxygen atoms in total. The lowest BCUT2D eigenvalue weighted by Crippen LogP contribution is -2.20. The van der Waals surface area contributed by atoms with Crippen molar-refractivity contribution in [1.29, 1.82) is 0 Å². The van der Waals surface area contributed by atoms with Crippen molar-refractivity contribution in [3.63, 3.8) is 0 Å². The first-order chi connectivity index (χ1) is 4.52. The van der Waals surface area contributed by atoms with Gasteiger partial charge in [0.15, 0.2) is 0 Å². The second-order valence-electron chi connectivity index (χ2n) is 3.63. The van der Waals surface area contributed by atoms with E-state index in [0.29, 0.717) is 0 Å². The molecule has 1 heteroatoms. The molecule has 0 rings (SSSR count). The minimum absolute atomic E-state index is 0.0793. The minimum Gasteiger partial charge on any atom is -0.303 e. The third-order valence-corrected chi connectivity index (χ3v) is 1.70. The zero-order valence-electron chi connectivity index (χ0n) is 7.05. The van der Waals surface area contributed by atoms with Crippen LogP contribution < -0.4 is 0 Å². The van der Waals surface area contributed by atoms with Crippen LogP contribution in [-0.4, -0.2) is 6.29 Å². The van der Waals surface area contributed by atoms with Crippen molar-refractivity contribution in [3.05, 3.63) is 12.7 Å².